The lowest BCUT2D eigenvalue weighted by Crippen LogP contribution is -2.36. The summed E-state index contributed by atoms with van der Waals surface area (Å²) in [6.45, 7) is 6.24. The van der Waals surface area contributed by atoms with Gasteiger partial charge in [0.2, 0.25) is 11.0 Å². The Morgan fingerprint density at radius 1 is 1.27 bits per heavy atom. The maximum atomic E-state index is 12.0. The summed E-state index contributed by atoms with van der Waals surface area (Å²) >= 11 is 1.46. The predicted octanol–water partition coefficient (Wildman–Crippen LogP) is 1.59. The van der Waals surface area contributed by atoms with Gasteiger partial charge in [0.25, 0.3) is 0 Å². The van der Waals surface area contributed by atoms with Gasteiger partial charge in [0, 0.05) is 57.1 Å². The molecular formula is C13H25Cl2N5OS. The molecule has 0 saturated carbocycles. The van der Waals surface area contributed by atoms with Gasteiger partial charge in [-0.05, 0) is 13.5 Å². The highest BCUT2D eigenvalue weighted by molar-refractivity contribution is 7.09. The van der Waals surface area contributed by atoms with E-state index in [2.05, 4.69) is 26.5 Å². The minimum atomic E-state index is 0. The van der Waals surface area contributed by atoms with Gasteiger partial charge >= 0.3 is 0 Å². The Kier molecular flexibility index (Phi) is 10.7. The molecule has 1 aromatic heterocycles. The number of anilines is 1. The Hall–Kier alpha value is -0.630. The maximum Gasteiger partial charge on any atom is 0.223 e. The first-order chi connectivity index (χ1) is 9.74. The van der Waals surface area contributed by atoms with Crippen LogP contribution < -0.4 is 10.2 Å². The number of hydrogen-bond donors (Lipinski definition) is 1. The van der Waals surface area contributed by atoms with Crippen LogP contribution >= 0.6 is 36.3 Å². The normalized spacial score (nSPS) is 14.8. The summed E-state index contributed by atoms with van der Waals surface area (Å²) in [4.78, 5) is 20.8. The number of hydrogen-bond acceptors (Lipinski definition) is 6. The number of carbonyl (C=O) groups excluding carboxylic acids is 1. The lowest BCUT2D eigenvalue weighted by Gasteiger charge is -2.21. The van der Waals surface area contributed by atoms with Crippen molar-refractivity contribution in [3.05, 3.63) is 5.82 Å². The van der Waals surface area contributed by atoms with E-state index in [-0.39, 0.29) is 30.7 Å². The van der Waals surface area contributed by atoms with Crippen molar-refractivity contribution in [2.75, 3.05) is 44.7 Å². The summed E-state index contributed by atoms with van der Waals surface area (Å²) in [6.07, 6.45) is 2.45. The standard InChI is InChI=1S/C13H23N5OS.2ClH/c1-3-11-15-13(20-16-11)18-8-4-7-17(9-10-18)12(19)5-6-14-2;;/h14H,3-10H2,1-2H3;2*1H. The molecule has 1 aliphatic rings. The number of aryl methyl sites for hydroxylation is 1. The highest BCUT2D eigenvalue weighted by atomic mass is 35.5. The van der Waals surface area contributed by atoms with Crippen molar-refractivity contribution < 1.29 is 4.79 Å². The van der Waals surface area contributed by atoms with E-state index in [1.807, 2.05) is 11.9 Å². The van der Waals surface area contributed by atoms with E-state index in [0.29, 0.717) is 6.42 Å². The van der Waals surface area contributed by atoms with Crippen LogP contribution in [-0.4, -0.2) is 59.9 Å². The molecule has 1 amide bonds. The fourth-order valence-electron chi connectivity index (χ4n) is 2.26. The first kappa shape index (κ1) is 21.4. The average molecular weight is 370 g/mol. The molecule has 128 valence electrons. The predicted molar refractivity (Wildman–Crippen MR) is 95.7 cm³/mol. The van der Waals surface area contributed by atoms with Crippen molar-refractivity contribution in [2.24, 2.45) is 0 Å². The number of rotatable bonds is 5. The quantitative estimate of drug-likeness (QED) is 0.853. The van der Waals surface area contributed by atoms with Crippen molar-refractivity contribution in [3.63, 3.8) is 0 Å². The summed E-state index contributed by atoms with van der Waals surface area (Å²) in [7, 11) is 1.87. The molecule has 6 nitrogen and oxygen atoms in total. The Morgan fingerprint density at radius 2 is 2.05 bits per heavy atom. The van der Waals surface area contributed by atoms with E-state index >= 15 is 0 Å². The second-order valence-corrected chi connectivity index (χ2v) is 5.65. The van der Waals surface area contributed by atoms with Crippen LogP contribution in [0.15, 0.2) is 0 Å². The van der Waals surface area contributed by atoms with E-state index in [1.165, 1.54) is 11.5 Å². The number of carbonyl (C=O) groups is 1. The Bertz CT molecular complexity index is 446. The van der Waals surface area contributed by atoms with Crippen LogP contribution in [0.25, 0.3) is 0 Å². The van der Waals surface area contributed by atoms with Crippen LogP contribution in [0.2, 0.25) is 0 Å². The summed E-state index contributed by atoms with van der Waals surface area (Å²) in [6, 6.07) is 0. The van der Waals surface area contributed by atoms with Crippen LogP contribution in [0.5, 0.6) is 0 Å². The first-order valence-electron chi connectivity index (χ1n) is 7.24. The fourth-order valence-corrected chi connectivity index (χ4v) is 3.07. The first-order valence-corrected chi connectivity index (χ1v) is 8.01. The van der Waals surface area contributed by atoms with Gasteiger partial charge < -0.3 is 15.1 Å². The van der Waals surface area contributed by atoms with E-state index < -0.39 is 0 Å². The van der Waals surface area contributed by atoms with Crippen molar-refractivity contribution in [1.29, 1.82) is 0 Å². The van der Waals surface area contributed by atoms with Gasteiger partial charge in [-0.25, -0.2) is 4.98 Å². The fraction of sp³-hybridized carbons (Fsp3) is 0.769. The van der Waals surface area contributed by atoms with Crippen LogP contribution in [0.1, 0.15) is 25.6 Å². The number of nitrogens with one attached hydrogen (secondary N) is 1. The molecule has 1 saturated heterocycles. The summed E-state index contributed by atoms with van der Waals surface area (Å²) in [5, 5.41) is 4.01. The number of nitrogens with zero attached hydrogens (tertiary/aromatic N) is 4. The lowest BCUT2D eigenvalue weighted by molar-refractivity contribution is -0.130. The Labute approximate surface area is 148 Å². The van der Waals surface area contributed by atoms with Gasteiger partial charge in [-0.1, -0.05) is 6.92 Å². The van der Waals surface area contributed by atoms with Crippen LogP contribution in [0, 0.1) is 0 Å². The molecule has 1 N–H and O–H groups in total. The zero-order chi connectivity index (χ0) is 14.4. The van der Waals surface area contributed by atoms with Crippen LogP contribution in [-0.2, 0) is 11.2 Å². The van der Waals surface area contributed by atoms with Gasteiger partial charge in [0.15, 0.2) is 0 Å². The summed E-state index contributed by atoms with van der Waals surface area (Å²) in [5.41, 5.74) is 0. The van der Waals surface area contributed by atoms with Crippen molar-refractivity contribution in [2.45, 2.75) is 26.2 Å². The number of amides is 1. The van der Waals surface area contributed by atoms with E-state index in [4.69, 9.17) is 0 Å². The lowest BCUT2D eigenvalue weighted by atomic mass is 10.3. The number of aromatic nitrogens is 2. The second-order valence-electron chi connectivity index (χ2n) is 4.92. The molecule has 0 unspecified atom stereocenters. The molecule has 0 aliphatic carbocycles. The topological polar surface area (TPSA) is 61.4 Å². The van der Waals surface area contributed by atoms with E-state index in [1.54, 1.807) is 0 Å². The third-order valence-corrected chi connectivity index (χ3v) is 4.30. The largest absolute Gasteiger partial charge is 0.345 e. The molecule has 0 bridgehead atoms. The van der Waals surface area contributed by atoms with Crippen molar-refractivity contribution in [3.8, 4) is 0 Å². The highest BCUT2D eigenvalue weighted by Crippen LogP contribution is 2.19. The van der Waals surface area contributed by atoms with Gasteiger partial charge in [-0.3, -0.25) is 4.79 Å². The molecule has 2 rings (SSSR count). The zero-order valence-corrected chi connectivity index (χ0v) is 15.5. The molecule has 0 spiro atoms. The summed E-state index contributed by atoms with van der Waals surface area (Å²) in [5.74, 6) is 1.16. The molecule has 0 atom stereocenters. The number of halogens is 2. The monoisotopic (exact) mass is 369 g/mol. The average Bonchev–Trinajstić information content (AvgIpc) is 2.81. The third-order valence-electron chi connectivity index (χ3n) is 3.48. The second kappa shape index (κ2) is 11.0. The molecule has 0 radical (unpaired) electrons. The van der Waals surface area contributed by atoms with Gasteiger partial charge in [-0.2, -0.15) is 4.37 Å². The van der Waals surface area contributed by atoms with Crippen LogP contribution in [0.3, 0.4) is 0 Å². The van der Waals surface area contributed by atoms with Crippen molar-refractivity contribution >= 4 is 47.4 Å². The molecule has 2 heterocycles. The van der Waals surface area contributed by atoms with Gasteiger partial charge in [0.1, 0.15) is 5.82 Å². The SMILES string of the molecule is CCc1nsc(N2CCCN(C(=O)CCNC)CC2)n1.Cl.Cl. The maximum absolute atomic E-state index is 12.0. The molecule has 1 aliphatic heterocycles. The molecule has 1 aromatic rings. The molecule has 1 fully saturated rings. The molecular weight excluding hydrogens is 345 g/mol. The molecule has 9 heteroatoms. The van der Waals surface area contributed by atoms with E-state index in [0.717, 1.165) is 56.5 Å². The Morgan fingerprint density at radius 3 is 2.68 bits per heavy atom. The molecule has 0 aromatic carbocycles. The van der Waals surface area contributed by atoms with E-state index in [9.17, 15) is 4.79 Å². The minimum Gasteiger partial charge on any atom is -0.345 e. The summed E-state index contributed by atoms with van der Waals surface area (Å²) < 4.78 is 4.34. The van der Waals surface area contributed by atoms with Gasteiger partial charge in [0.05, 0.1) is 0 Å². The smallest absolute Gasteiger partial charge is 0.223 e. The van der Waals surface area contributed by atoms with Gasteiger partial charge in [-0.15, -0.1) is 24.8 Å². The third kappa shape index (κ3) is 5.87. The van der Waals surface area contributed by atoms with Crippen molar-refractivity contribution in [1.82, 2.24) is 19.6 Å². The minimum absolute atomic E-state index is 0. The Balaban J connectivity index is 0.00000220. The highest BCUT2D eigenvalue weighted by Gasteiger charge is 2.20. The van der Waals surface area contributed by atoms with Crippen LogP contribution in [0.4, 0.5) is 5.13 Å². The molecule has 22 heavy (non-hydrogen) atoms. The zero-order valence-electron chi connectivity index (χ0n) is 13.1.